The van der Waals surface area contributed by atoms with Crippen molar-refractivity contribution in [2.75, 3.05) is 13.7 Å². The Kier molecular flexibility index (Phi) is 2.33. The average Bonchev–Trinajstić information content (AvgIpc) is 2.62. The largest absolute Gasteiger partial charge is 0.497 e. The molecule has 0 amide bonds. The first-order chi connectivity index (χ1) is 8.12. The Bertz CT molecular complexity index is 443. The van der Waals surface area contributed by atoms with Crippen molar-refractivity contribution in [3.8, 4) is 11.5 Å². The molecule has 3 atom stereocenters. The van der Waals surface area contributed by atoms with Crippen LogP contribution < -0.4 is 9.47 Å². The highest BCUT2D eigenvalue weighted by Crippen LogP contribution is 2.46. The molecule has 3 heteroatoms. The van der Waals surface area contributed by atoms with E-state index < -0.39 is 5.79 Å². The lowest BCUT2D eigenvalue weighted by atomic mass is 9.82. The van der Waals surface area contributed by atoms with Crippen molar-refractivity contribution in [2.45, 2.75) is 26.1 Å². The molecule has 3 nitrogen and oxygen atoms in total. The first kappa shape index (κ1) is 10.9. The maximum Gasteiger partial charge on any atom is 0.211 e. The Balaban J connectivity index is 1.98. The lowest BCUT2D eigenvalue weighted by Gasteiger charge is -2.37. The second kappa shape index (κ2) is 3.64. The van der Waals surface area contributed by atoms with Crippen LogP contribution in [-0.4, -0.2) is 19.5 Å². The number of hydrogen-bond donors (Lipinski definition) is 0. The predicted molar refractivity (Wildman–Crippen MR) is 64.3 cm³/mol. The Morgan fingerprint density at radius 1 is 1.41 bits per heavy atom. The van der Waals surface area contributed by atoms with Crippen LogP contribution in [0.15, 0.2) is 18.2 Å². The quantitative estimate of drug-likeness (QED) is 0.747. The summed E-state index contributed by atoms with van der Waals surface area (Å²) >= 11 is 0. The van der Waals surface area contributed by atoms with E-state index in [9.17, 15) is 0 Å². The van der Waals surface area contributed by atoms with Gasteiger partial charge in [-0.2, -0.15) is 0 Å². The minimum atomic E-state index is -0.460. The molecule has 1 saturated heterocycles. The Labute approximate surface area is 102 Å². The SMILES string of the molecule is COc1ccc2c(c1)OC1(C)OCC(C)C1C2. The van der Waals surface area contributed by atoms with E-state index in [-0.39, 0.29) is 0 Å². The fraction of sp³-hybridized carbons (Fsp3) is 0.571. The molecule has 1 fully saturated rings. The topological polar surface area (TPSA) is 27.7 Å². The van der Waals surface area contributed by atoms with E-state index in [1.807, 2.05) is 19.1 Å². The summed E-state index contributed by atoms with van der Waals surface area (Å²) in [5.41, 5.74) is 1.26. The van der Waals surface area contributed by atoms with Gasteiger partial charge in [-0.1, -0.05) is 13.0 Å². The molecule has 0 radical (unpaired) electrons. The molecule has 3 rings (SSSR count). The third kappa shape index (κ3) is 1.61. The smallest absolute Gasteiger partial charge is 0.211 e. The van der Waals surface area contributed by atoms with E-state index in [1.165, 1.54) is 5.56 Å². The fourth-order valence-corrected chi connectivity index (χ4v) is 2.91. The summed E-state index contributed by atoms with van der Waals surface area (Å²) < 4.78 is 17.1. The molecule has 2 heterocycles. The van der Waals surface area contributed by atoms with Gasteiger partial charge in [0.1, 0.15) is 11.5 Å². The molecule has 2 aliphatic heterocycles. The van der Waals surface area contributed by atoms with Crippen molar-refractivity contribution in [2.24, 2.45) is 11.8 Å². The van der Waals surface area contributed by atoms with Gasteiger partial charge in [-0.3, -0.25) is 0 Å². The lowest BCUT2D eigenvalue weighted by molar-refractivity contribution is -0.166. The molecule has 17 heavy (non-hydrogen) atoms. The molecule has 0 aromatic heterocycles. The fourth-order valence-electron chi connectivity index (χ4n) is 2.91. The number of benzene rings is 1. The van der Waals surface area contributed by atoms with Gasteiger partial charge in [0, 0.05) is 18.9 Å². The molecule has 0 N–H and O–H groups in total. The van der Waals surface area contributed by atoms with Gasteiger partial charge >= 0.3 is 0 Å². The van der Waals surface area contributed by atoms with Crippen molar-refractivity contribution in [3.63, 3.8) is 0 Å². The summed E-state index contributed by atoms with van der Waals surface area (Å²) in [4.78, 5) is 0. The zero-order valence-corrected chi connectivity index (χ0v) is 10.5. The van der Waals surface area contributed by atoms with E-state index in [2.05, 4.69) is 13.0 Å². The van der Waals surface area contributed by atoms with Crippen molar-refractivity contribution >= 4 is 0 Å². The maximum absolute atomic E-state index is 6.05. The first-order valence-electron chi connectivity index (χ1n) is 6.12. The van der Waals surface area contributed by atoms with Crippen LogP contribution in [0.3, 0.4) is 0 Å². The zero-order chi connectivity index (χ0) is 12.0. The van der Waals surface area contributed by atoms with Crippen LogP contribution in [0.25, 0.3) is 0 Å². The second-order valence-corrected chi connectivity index (χ2v) is 5.19. The highest BCUT2D eigenvalue weighted by Gasteiger charge is 2.49. The number of rotatable bonds is 1. The summed E-state index contributed by atoms with van der Waals surface area (Å²) in [6, 6.07) is 6.03. The lowest BCUT2D eigenvalue weighted by Crippen LogP contribution is -2.43. The highest BCUT2D eigenvalue weighted by atomic mass is 16.7. The molecule has 0 spiro atoms. The van der Waals surface area contributed by atoms with Crippen LogP contribution in [0.2, 0.25) is 0 Å². The second-order valence-electron chi connectivity index (χ2n) is 5.19. The molecule has 92 valence electrons. The standard InChI is InChI=1S/C14H18O3/c1-9-8-16-14(2)12(9)6-10-4-5-11(15-3)7-13(10)17-14/h4-5,7,9,12H,6,8H2,1-3H3. The normalized spacial score (nSPS) is 34.8. The van der Waals surface area contributed by atoms with E-state index in [4.69, 9.17) is 14.2 Å². The van der Waals surface area contributed by atoms with Gasteiger partial charge in [0.15, 0.2) is 0 Å². The Morgan fingerprint density at radius 3 is 3.00 bits per heavy atom. The number of hydrogen-bond acceptors (Lipinski definition) is 3. The molecular formula is C14H18O3. The number of ether oxygens (including phenoxy) is 3. The van der Waals surface area contributed by atoms with Crippen molar-refractivity contribution < 1.29 is 14.2 Å². The van der Waals surface area contributed by atoms with Gasteiger partial charge in [-0.05, 0) is 24.0 Å². The van der Waals surface area contributed by atoms with E-state index in [0.29, 0.717) is 11.8 Å². The maximum atomic E-state index is 6.05. The molecule has 3 unspecified atom stereocenters. The van der Waals surface area contributed by atoms with Gasteiger partial charge in [0.05, 0.1) is 13.7 Å². The molecule has 0 saturated carbocycles. The first-order valence-corrected chi connectivity index (χ1v) is 6.12. The van der Waals surface area contributed by atoms with Crippen molar-refractivity contribution in [3.05, 3.63) is 23.8 Å². The summed E-state index contributed by atoms with van der Waals surface area (Å²) in [5.74, 6) is 2.27. The molecule has 1 aromatic carbocycles. The minimum Gasteiger partial charge on any atom is -0.497 e. The Hall–Kier alpha value is -1.22. The zero-order valence-electron chi connectivity index (χ0n) is 10.5. The summed E-state index contributed by atoms with van der Waals surface area (Å²) in [7, 11) is 1.67. The van der Waals surface area contributed by atoms with Crippen LogP contribution in [-0.2, 0) is 11.2 Å². The van der Waals surface area contributed by atoms with Crippen LogP contribution in [0.5, 0.6) is 11.5 Å². The average molecular weight is 234 g/mol. The molecule has 2 aliphatic rings. The summed E-state index contributed by atoms with van der Waals surface area (Å²) in [5, 5.41) is 0. The molecule has 0 bridgehead atoms. The van der Waals surface area contributed by atoms with Gasteiger partial charge < -0.3 is 14.2 Å². The third-order valence-corrected chi connectivity index (χ3v) is 4.02. The van der Waals surface area contributed by atoms with Crippen LogP contribution in [0.1, 0.15) is 19.4 Å². The summed E-state index contributed by atoms with van der Waals surface area (Å²) in [6.07, 6.45) is 1.02. The van der Waals surface area contributed by atoms with Crippen LogP contribution >= 0.6 is 0 Å². The molecule has 0 aliphatic carbocycles. The Morgan fingerprint density at radius 2 is 2.24 bits per heavy atom. The van der Waals surface area contributed by atoms with E-state index in [1.54, 1.807) is 7.11 Å². The molecular weight excluding hydrogens is 216 g/mol. The van der Waals surface area contributed by atoms with Crippen molar-refractivity contribution in [1.82, 2.24) is 0 Å². The monoisotopic (exact) mass is 234 g/mol. The van der Waals surface area contributed by atoms with Crippen molar-refractivity contribution in [1.29, 1.82) is 0 Å². The van der Waals surface area contributed by atoms with Crippen LogP contribution in [0.4, 0.5) is 0 Å². The third-order valence-electron chi connectivity index (χ3n) is 4.02. The summed E-state index contributed by atoms with van der Waals surface area (Å²) in [6.45, 7) is 5.06. The van der Waals surface area contributed by atoms with E-state index >= 15 is 0 Å². The highest BCUT2D eigenvalue weighted by molar-refractivity contribution is 5.43. The van der Waals surface area contributed by atoms with Gasteiger partial charge in [0.25, 0.3) is 0 Å². The predicted octanol–water partition coefficient (Wildman–Crippen LogP) is 2.63. The van der Waals surface area contributed by atoms with Gasteiger partial charge in [0.2, 0.25) is 5.79 Å². The minimum absolute atomic E-state index is 0.448. The van der Waals surface area contributed by atoms with E-state index in [0.717, 1.165) is 24.5 Å². The van der Waals surface area contributed by atoms with Gasteiger partial charge in [-0.25, -0.2) is 0 Å². The van der Waals surface area contributed by atoms with Crippen LogP contribution in [0, 0.1) is 11.8 Å². The number of fused-ring (bicyclic) bond motifs is 2. The molecule has 1 aromatic rings. The number of methoxy groups -OCH3 is 1. The van der Waals surface area contributed by atoms with Gasteiger partial charge in [-0.15, -0.1) is 0 Å².